The molecule has 0 N–H and O–H groups in total. The number of benzene rings is 2. The first kappa shape index (κ1) is 18.2. The number of carbonyl (C=O) groups is 1. The number of methoxy groups -OCH3 is 1. The van der Waals surface area contributed by atoms with Crippen LogP contribution in [-0.4, -0.2) is 37.6 Å². The molecule has 0 fully saturated rings. The standard InChI is InChI=1S/C19H22O4S/c1-15(20)18-5-3-4-6-19(18)23-12-14-24-13-11-22-17-9-7-16(21-2)8-10-17/h3-10H,11-14H2,1-2H3. The van der Waals surface area contributed by atoms with E-state index in [9.17, 15) is 4.79 Å². The summed E-state index contributed by atoms with van der Waals surface area (Å²) in [6.07, 6.45) is 0. The van der Waals surface area contributed by atoms with E-state index in [0.29, 0.717) is 24.5 Å². The molecule has 0 heterocycles. The second-order valence-electron chi connectivity index (χ2n) is 5.04. The van der Waals surface area contributed by atoms with Gasteiger partial charge < -0.3 is 14.2 Å². The summed E-state index contributed by atoms with van der Waals surface area (Å²) >= 11 is 1.75. The molecule has 0 aliphatic rings. The topological polar surface area (TPSA) is 44.8 Å². The Morgan fingerprint density at radius 3 is 2.21 bits per heavy atom. The maximum atomic E-state index is 11.5. The van der Waals surface area contributed by atoms with Gasteiger partial charge in [-0.05, 0) is 43.3 Å². The van der Waals surface area contributed by atoms with Crippen LogP contribution in [-0.2, 0) is 0 Å². The van der Waals surface area contributed by atoms with Crippen molar-refractivity contribution in [3.63, 3.8) is 0 Å². The van der Waals surface area contributed by atoms with Crippen molar-refractivity contribution < 1.29 is 19.0 Å². The summed E-state index contributed by atoms with van der Waals surface area (Å²) in [5.74, 6) is 4.05. The molecule has 0 saturated heterocycles. The fourth-order valence-electron chi connectivity index (χ4n) is 2.09. The molecule has 0 aliphatic heterocycles. The molecular formula is C19H22O4S. The van der Waals surface area contributed by atoms with Crippen LogP contribution in [0, 0.1) is 0 Å². The van der Waals surface area contributed by atoms with Gasteiger partial charge in [0.2, 0.25) is 0 Å². The lowest BCUT2D eigenvalue weighted by atomic mass is 10.1. The van der Waals surface area contributed by atoms with E-state index in [-0.39, 0.29) is 5.78 Å². The molecule has 0 aliphatic carbocycles. The lowest BCUT2D eigenvalue weighted by Gasteiger charge is -2.10. The van der Waals surface area contributed by atoms with Crippen LogP contribution in [0.5, 0.6) is 17.2 Å². The van der Waals surface area contributed by atoms with Crippen LogP contribution >= 0.6 is 11.8 Å². The maximum absolute atomic E-state index is 11.5. The van der Waals surface area contributed by atoms with Crippen LogP contribution in [0.25, 0.3) is 0 Å². The van der Waals surface area contributed by atoms with Crippen molar-refractivity contribution in [2.75, 3.05) is 31.8 Å². The van der Waals surface area contributed by atoms with Crippen molar-refractivity contribution >= 4 is 17.5 Å². The highest BCUT2D eigenvalue weighted by molar-refractivity contribution is 7.99. The molecule has 5 heteroatoms. The minimum atomic E-state index is 0.0196. The summed E-state index contributed by atoms with van der Waals surface area (Å²) in [7, 11) is 1.64. The SMILES string of the molecule is COc1ccc(OCCSCCOc2ccccc2C(C)=O)cc1. The summed E-state index contributed by atoms with van der Waals surface area (Å²) < 4.78 is 16.5. The normalized spacial score (nSPS) is 10.2. The number of hydrogen-bond donors (Lipinski definition) is 0. The highest BCUT2D eigenvalue weighted by Gasteiger charge is 2.06. The van der Waals surface area contributed by atoms with Gasteiger partial charge >= 0.3 is 0 Å². The first-order valence-corrected chi connectivity index (χ1v) is 8.93. The minimum absolute atomic E-state index is 0.0196. The van der Waals surface area contributed by atoms with Gasteiger partial charge in [-0.1, -0.05) is 12.1 Å². The molecule has 2 aromatic rings. The van der Waals surface area contributed by atoms with Crippen molar-refractivity contribution in [2.24, 2.45) is 0 Å². The molecule has 24 heavy (non-hydrogen) atoms. The number of thioether (sulfide) groups is 1. The molecule has 2 aromatic carbocycles. The Labute approximate surface area is 147 Å². The number of Topliss-reactive ketones (excluding diaryl/α,β-unsaturated/α-hetero) is 1. The van der Waals surface area contributed by atoms with Gasteiger partial charge in [0.25, 0.3) is 0 Å². The second kappa shape index (κ2) is 9.88. The first-order valence-electron chi connectivity index (χ1n) is 7.78. The molecular weight excluding hydrogens is 324 g/mol. The Kier molecular flexibility index (Phi) is 7.49. The molecule has 2 rings (SSSR count). The van der Waals surface area contributed by atoms with E-state index in [1.54, 1.807) is 31.9 Å². The van der Waals surface area contributed by atoms with Crippen LogP contribution < -0.4 is 14.2 Å². The van der Waals surface area contributed by atoms with Crippen LogP contribution in [0.1, 0.15) is 17.3 Å². The van der Waals surface area contributed by atoms with E-state index in [1.165, 1.54) is 0 Å². The van der Waals surface area contributed by atoms with Crippen LogP contribution in [0.2, 0.25) is 0 Å². The van der Waals surface area contributed by atoms with E-state index in [1.807, 2.05) is 42.5 Å². The van der Waals surface area contributed by atoms with E-state index < -0.39 is 0 Å². The van der Waals surface area contributed by atoms with Gasteiger partial charge in [-0.25, -0.2) is 0 Å². The van der Waals surface area contributed by atoms with Gasteiger partial charge in [-0.15, -0.1) is 0 Å². The van der Waals surface area contributed by atoms with Crippen LogP contribution in [0.15, 0.2) is 48.5 Å². The lowest BCUT2D eigenvalue weighted by molar-refractivity contribution is 0.101. The van der Waals surface area contributed by atoms with Gasteiger partial charge in [0.05, 0.1) is 25.9 Å². The predicted molar refractivity (Wildman–Crippen MR) is 97.8 cm³/mol. The van der Waals surface area contributed by atoms with Crippen molar-refractivity contribution in [3.05, 3.63) is 54.1 Å². The molecule has 0 bridgehead atoms. The summed E-state index contributed by atoms with van der Waals surface area (Å²) in [5.41, 5.74) is 0.630. The highest BCUT2D eigenvalue weighted by atomic mass is 32.2. The Hall–Kier alpha value is -2.14. The summed E-state index contributed by atoms with van der Waals surface area (Å²) in [4.78, 5) is 11.5. The Balaban J connectivity index is 1.61. The Morgan fingerprint density at radius 1 is 0.917 bits per heavy atom. The molecule has 0 aromatic heterocycles. The van der Waals surface area contributed by atoms with Gasteiger partial charge in [-0.2, -0.15) is 11.8 Å². The van der Waals surface area contributed by atoms with E-state index in [0.717, 1.165) is 23.0 Å². The van der Waals surface area contributed by atoms with Gasteiger partial charge in [-0.3, -0.25) is 4.79 Å². The van der Waals surface area contributed by atoms with Gasteiger partial charge in [0.1, 0.15) is 17.2 Å². The fraction of sp³-hybridized carbons (Fsp3) is 0.316. The van der Waals surface area contributed by atoms with Crippen molar-refractivity contribution in [1.82, 2.24) is 0 Å². The molecule has 0 unspecified atom stereocenters. The van der Waals surface area contributed by atoms with E-state index >= 15 is 0 Å². The molecule has 4 nitrogen and oxygen atoms in total. The number of rotatable bonds is 10. The maximum Gasteiger partial charge on any atom is 0.163 e. The highest BCUT2D eigenvalue weighted by Crippen LogP contribution is 2.19. The zero-order valence-corrected chi connectivity index (χ0v) is 14.8. The number of ketones is 1. The molecule has 0 saturated carbocycles. The number of para-hydroxylation sites is 1. The molecule has 128 valence electrons. The van der Waals surface area contributed by atoms with E-state index in [4.69, 9.17) is 14.2 Å². The summed E-state index contributed by atoms with van der Waals surface area (Å²) in [5, 5.41) is 0. The second-order valence-corrected chi connectivity index (χ2v) is 6.26. The van der Waals surface area contributed by atoms with Crippen molar-refractivity contribution in [1.29, 1.82) is 0 Å². The van der Waals surface area contributed by atoms with Gasteiger partial charge in [0, 0.05) is 11.5 Å². The third-order valence-electron chi connectivity index (χ3n) is 3.31. The predicted octanol–water partition coefficient (Wildman–Crippen LogP) is 4.09. The average Bonchev–Trinajstić information content (AvgIpc) is 2.61. The quantitative estimate of drug-likeness (QED) is 0.479. The Morgan fingerprint density at radius 2 is 1.54 bits per heavy atom. The lowest BCUT2D eigenvalue weighted by Crippen LogP contribution is -2.06. The van der Waals surface area contributed by atoms with Crippen molar-refractivity contribution in [2.45, 2.75) is 6.92 Å². The first-order chi connectivity index (χ1) is 11.7. The van der Waals surface area contributed by atoms with Crippen LogP contribution in [0.4, 0.5) is 0 Å². The van der Waals surface area contributed by atoms with Crippen LogP contribution in [0.3, 0.4) is 0 Å². The summed E-state index contributed by atoms with van der Waals surface area (Å²) in [6.45, 7) is 2.76. The third-order valence-corrected chi connectivity index (χ3v) is 4.22. The Bertz CT molecular complexity index is 640. The number of ether oxygens (including phenoxy) is 3. The fourth-order valence-corrected chi connectivity index (χ4v) is 2.69. The summed E-state index contributed by atoms with van der Waals surface area (Å²) in [6, 6.07) is 14.9. The zero-order valence-electron chi connectivity index (χ0n) is 14.0. The average molecular weight is 346 g/mol. The monoisotopic (exact) mass is 346 g/mol. The minimum Gasteiger partial charge on any atom is -0.497 e. The number of hydrogen-bond acceptors (Lipinski definition) is 5. The third kappa shape index (κ3) is 5.81. The molecule has 0 spiro atoms. The smallest absolute Gasteiger partial charge is 0.163 e. The van der Waals surface area contributed by atoms with Gasteiger partial charge in [0.15, 0.2) is 5.78 Å². The van der Waals surface area contributed by atoms with Crippen molar-refractivity contribution in [3.8, 4) is 17.2 Å². The van der Waals surface area contributed by atoms with E-state index in [2.05, 4.69) is 0 Å². The molecule has 0 radical (unpaired) electrons. The molecule has 0 amide bonds. The largest absolute Gasteiger partial charge is 0.497 e. The molecule has 0 atom stereocenters. The zero-order chi connectivity index (χ0) is 17.2. The number of carbonyl (C=O) groups excluding carboxylic acids is 1.